The summed E-state index contributed by atoms with van der Waals surface area (Å²) in [6, 6.07) is 4.34. The first-order chi connectivity index (χ1) is 8.14. The highest BCUT2D eigenvalue weighted by Crippen LogP contribution is 2.46. The zero-order chi connectivity index (χ0) is 12.5. The van der Waals surface area contributed by atoms with Crippen molar-refractivity contribution < 1.29 is 4.74 Å². The predicted octanol–water partition coefficient (Wildman–Crippen LogP) is 3.54. The Morgan fingerprint density at radius 3 is 2.53 bits per heavy atom. The molecule has 0 heterocycles. The van der Waals surface area contributed by atoms with E-state index in [1.807, 2.05) is 0 Å². The van der Waals surface area contributed by atoms with Crippen LogP contribution >= 0.6 is 15.9 Å². The van der Waals surface area contributed by atoms with Crippen LogP contribution in [0.5, 0.6) is 5.75 Å². The molecule has 0 spiro atoms. The van der Waals surface area contributed by atoms with Gasteiger partial charge in [0.1, 0.15) is 5.75 Å². The fourth-order valence-electron chi connectivity index (χ4n) is 2.91. The molecule has 1 fully saturated rings. The summed E-state index contributed by atoms with van der Waals surface area (Å²) in [4.78, 5) is 0. The third-order valence-corrected chi connectivity index (χ3v) is 5.00. The molecule has 94 valence electrons. The van der Waals surface area contributed by atoms with Gasteiger partial charge in [0.15, 0.2) is 0 Å². The smallest absolute Gasteiger partial charge is 0.137 e. The van der Waals surface area contributed by atoms with Gasteiger partial charge in [0, 0.05) is 17.5 Å². The van der Waals surface area contributed by atoms with Crippen molar-refractivity contribution in [2.75, 3.05) is 13.7 Å². The highest BCUT2D eigenvalue weighted by atomic mass is 79.9. The molecule has 2 nitrogen and oxygen atoms in total. The Morgan fingerprint density at radius 2 is 2.00 bits per heavy atom. The normalized spacial score (nSPS) is 18.4. The van der Waals surface area contributed by atoms with Gasteiger partial charge in [-0.25, -0.2) is 0 Å². The summed E-state index contributed by atoms with van der Waals surface area (Å²) in [6.07, 6.45) is 4.89. The molecule has 0 radical (unpaired) electrons. The maximum absolute atomic E-state index is 6.04. The van der Waals surface area contributed by atoms with Crippen molar-refractivity contribution in [2.24, 2.45) is 5.73 Å². The molecular formula is C14H20BrNO. The van der Waals surface area contributed by atoms with Gasteiger partial charge in [-0.1, -0.05) is 25.0 Å². The van der Waals surface area contributed by atoms with E-state index in [-0.39, 0.29) is 5.41 Å². The van der Waals surface area contributed by atoms with Crippen LogP contribution in [0.15, 0.2) is 16.6 Å². The van der Waals surface area contributed by atoms with E-state index in [2.05, 4.69) is 35.0 Å². The number of halogens is 1. The minimum Gasteiger partial charge on any atom is -0.495 e. The molecule has 0 unspecified atom stereocenters. The number of ether oxygens (including phenoxy) is 1. The van der Waals surface area contributed by atoms with Crippen molar-refractivity contribution in [1.82, 2.24) is 0 Å². The van der Waals surface area contributed by atoms with Crippen LogP contribution in [-0.2, 0) is 5.41 Å². The van der Waals surface area contributed by atoms with Gasteiger partial charge in [-0.05, 0) is 41.3 Å². The molecule has 1 saturated carbocycles. The molecule has 0 bridgehead atoms. The summed E-state index contributed by atoms with van der Waals surface area (Å²) in [5.41, 5.74) is 8.65. The van der Waals surface area contributed by atoms with Crippen molar-refractivity contribution >= 4 is 15.9 Å². The molecule has 2 rings (SSSR count). The minimum atomic E-state index is 0.127. The Bertz CT molecular complexity index is 411. The van der Waals surface area contributed by atoms with E-state index in [9.17, 15) is 0 Å². The largest absolute Gasteiger partial charge is 0.495 e. The molecule has 17 heavy (non-hydrogen) atoms. The molecule has 0 atom stereocenters. The molecule has 0 aromatic heterocycles. The average Bonchev–Trinajstić information content (AvgIpc) is 2.82. The van der Waals surface area contributed by atoms with Gasteiger partial charge in [-0.2, -0.15) is 0 Å². The Balaban J connectivity index is 2.54. The number of rotatable bonds is 3. The highest BCUT2D eigenvalue weighted by Gasteiger charge is 2.37. The number of nitrogens with two attached hydrogens (primary N) is 1. The summed E-state index contributed by atoms with van der Waals surface area (Å²) in [5.74, 6) is 0.970. The molecule has 0 saturated heterocycles. The van der Waals surface area contributed by atoms with E-state index >= 15 is 0 Å². The van der Waals surface area contributed by atoms with Gasteiger partial charge in [0.05, 0.1) is 11.6 Å². The van der Waals surface area contributed by atoms with Crippen molar-refractivity contribution in [2.45, 2.75) is 38.0 Å². The van der Waals surface area contributed by atoms with Crippen LogP contribution in [0.1, 0.15) is 36.8 Å². The van der Waals surface area contributed by atoms with E-state index in [0.717, 1.165) is 10.2 Å². The first kappa shape index (κ1) is 12.9. The Kier molecular flexibility index (Phi) is 3.79. The van der Waals surface area contributed by atoms with Crippen LogP contribution in [-0.4, -0.2) is 13.7 Å². The second-order valence-corrected chi connectivity index (χ2v) is 5.76. The van der Waals surface area contributed by atoms with Gasteiger partial charge in [0.2, 0.25) is 0 Å². The molecule has 0 amide bonds. The number of hydrogen-bond acceptors (Lipinski definition) is 2. The SMILES string of the molecule is COc1c(C2(CN)CCCC2)ccc(C)c1Br. The first-order valence-corrected chi connectivity index (χ1v) is 6.97. The zero-order valence-corrected chi connectivity index (χ0v) is 12.1. The molecular weight excluding hydrogens is 278 g/mol. The lowest BCUT2D eigenvalue weighted by Gasteiger charge is -2.30. The molecule has 1 aliphatic rings. The Morgan fingerprint density at radius 1 is 1.35 bits per heavy atom. The van der Waals surface area contributed by atoms with E-state index in [1.54, 1.807) is 7.11 Å². The second kappa shape index (κ2) is 4.99. The van der Waals surface area contributed by atoms with E-state index < -0.39 is 0 Å². The number of methoxy groups -OCH3 is 1. The van der Waals surface area contributed by atoms with Crippen LogP contribution in [0, 0.1) is 6.92 Å². The van der Waals surface area contributed by atoms with Crippen molar-refractivity contribution in [3.8, 4) is 5.75 Å². The summed E-state index contributed by atoms with van der Waals surface area (Å²) in [7, 11) is 1.74. The van der Waals surface area contributed by atoms with Crippen LogP contribution in [0.2, 0.25) is 0 Å². The molecule has 3 heteroatoms. The van der Waals surface area contributed by atoms with E-state index in [0.29, 0.717) is 6.54 Å². The van der Waals surface area contributed by atoms with Crippen LogP contribution in [0.3, 0.4) is 0 Å². The molecule has 1 aromatic carbocycles. The molecule has 1 aliphatic carbocycles. The van der Waals surface area contributed by atoms with Gasteiger partial charge >= 0.3 is 0 Å². The maximum Gasteiger partial charge on any atom is 0.137 e. The van der Waals surface area contributed by atoms with Crippen molar-refractivity contribution in [3.05, 3.63) is 27.7 Å². The van der Waals surface area contributed by atoms with Crippen molar-refractivity contribution in [3.63, 3.8) is 0 Å². The fraction of sp³-hybridized carbons (Fsp3) is 0.571. The van der Waals surface area contributed by atoms with E-state index in [4.69, 9.17) is 10.5 Å². The lowest BCUT2D eigenvalue weighted by molar-refractivity contribution is 0.375. The van der Waals surface area contributed by atoms with E-state index in [1.165, 1.54) is 36.8 Å². The second-order valence-electron chi connectivity index (χ2n) is 4.97. The Hall–Kier alpha value is -0.540. The fourth-order valence-corrected chi connectivity index (χ4v) is 3.41. The van der Waals surface area contributed by atoms with Crippen molar-refractivity contribution in [1.29, 1.82) is 0 Å². The summed E-state index contributed by atoms with van der Waals surface area (Å²) < 4.78 is 6.66. The Labute approximate surface area is 112 Å². The first-order valence-electron chi connectivity index (χ1n) is 6.18. The van der Waals surface area contributed by atoms with Gasteiger partial charge < -0.3 is 10.5 Å². The molecule has 2 N–H and O–H groups in total. The van der Waals surface area contributed by atoms with Gasteiger partial charge in [-0.3, -0.25) is 0 Å². The standard InChI is InChI=1S/C14H20BrNO/c1-10-5-6-11(13(17-2)12(10)15)14(9-16)7-3-4-8-14/h5-6H,3-4,7-9,16H2,1-2H3. The number of aryl methyl sites for hydroxylation is 1. The average molecular weight is 298 g/mol. The van der Waals surface area contributed by atoms with Gasteiger partial charge in [-0.15, -0.1) is 0 Å². The monoisotopic (exact) mass is 297 g/mol. The molecule has 0 aliphatic heterocycles. The number of benzene rings is 1. The lowest BCUT2D eigenvalue weighted by Crippen LogP contribution is -2.32. The predicted molar refractivity (Wildman–Crippen MR) is 74.6 cm³/mol. The van der Waals surface area contributed by atoms with Crippen LogP contribution < -0.4 is 10.5 Å². The third-order valence-electron chi connectivity index (χ3n) is 4.02. The zero-order valence-electron chi connectivity index (χ0n) is 10.6. The minimum absolute atomic E-state index is 0.127. The summed E-state index contributed by atoms with van der Waals surface area (Å²) in [6.45, 7) is 2.79. The maximum atomic E-state index is 6.04. The van der Waals surface area contributed by atoms with Crippen LogP contribution in [0.25, 0.3) is 0 Å². The molecule has 1 aromatic rings. The number of hydrogen-bond donors (Lipinski definition) is 1. The van der Waals surface area contributed by atoms with Crippen LogP contribution in [0.4, 0.5) is 0 Å². The summed E-state index contributed by atoms with van der Waals surface area (Å²) in [5, 5.41) is 0. The highest BCUT2D eigenvalue weighted by molar-refractivity contribution is 9.10. The lowest BCUT2D eigenvalue weighted by atomic mass is 9.78. The third kappa shape index (κ3) is 2.11. The topological polar surface area (TPSA) is 35.2 Å². The summed E-state index contributed by atoms with van der Waals surface area (Å²) >= 11 is 3.63. The quantitative estimate of drug-likeness (QED) is 0.926. The van der Waals surface area contributed by atoms with Gasteiger partial charge in [0.25, 0.3) is 0 Å².